The maximum Gasteiger partial charge on any atom is 0.243 e. The molecule has 1 saturated heterocycles. The number of carbonyl (C=O) groups excluding carboxylic acids is 1. The number of piperazine rings is 1. The van der Waals surface area contributed by atoms with E-state index in [0.717, 1.165) is 26.5 Å². The highest BCUT2D eigenvalue weighted by Gasteiger charge is 2.27. The summed E-state index contributed by atoms with van der Waals surface area (Å²) in [5.74, 6) is 0.615. The van der Waals surface area contributed by atoms with Gasteiger partial charge in [0.15, 0.2) is 0 Å². The number of anilines is 1. The summed E-state index contributed by atoms with van der Waals surface area (Å²) in [6.45, 7) is 2.31. The van der Waals surface area contributed by atoms with Crippen LogP contribution in [0.25, 0.3) is 10.8 Å². The summed E-state index contributed by atoms with van der Waals surface area (Å²) in [5.41, 5.74) is 1.08. The van der Waals surface area contributed by atoms with E-state index in [9.17, 15) is 13.2 Å². The van der Waals surface area contributed by atoms with Gasteiger partial charge >= 0.3 is 0 Å². The van der Waals surface area contributed by atoms with Crippen LogP contribution in [0.15, 0.2) is 71.6 Å². The van der Waals surface area contributed by atoms with Gasteiger partial charge in [-0.2, -0.15) is 4.31 Å². The molecule has 1 fully saturated rings. The lowest BCUT2D eigenvalue weighted by atomic mass is 10.1. The largest absolute Gasteiger partial charge is 0.497 e. The Morgan fingerprint density at radius 3 is 2.25 bits per heavy atom. The Labute approximate surface area is 188 Å². The lowest BCUT2D eigenvalue weighted by molar-refractivity contribution is -0.131. The quantitative estimate of drug-likeness (QED) is 0.574. The number of nitrogens with zero attached hydrogens (tertiary/aromatic N) is 3. The first-order valence-corrected chi connectivity index (χ1v) is 11.9. The fourth-order valence-electron chi connectivity index (χ4n) is 3.89. The van der Waals surface area contributed by atoms with Crippen LogP contribution in [0.2, 0.25) is 0 Å². The first kappa shape index (κ1) is 22.1. The average molecular weight is 454 g/mol. The molecule has 0 bridgehead atoms. The molecule has 3 aromatic rings. The fraction of sp³-hybridized carbons (Fsp3) is 0.292. The van der Waals surface area contributed by atoms with Crippen LogP contribution >= 0.6 is 0 Å². The van der Waals surface area contributed by atoms with Gasteiger partial charge in [0, 0.05) is 38.9 Å². The van der Waals surface area contributed by atoms with E-state index in [-0.39, 0.29) is 17.3 Å². The summed E-state index contributed by atoms with van der Waals surface area (Å²) in [6, 6.07) is 20.5. The Hall–Kier alpha value is -3.10. The molecule has 168 valence electrons. The molecule has 1 heterocycles. The highest BCUT2D eigenvalue weighted by atomic mass is 32.2. The van der Waals surface area contributed by atoms with Crippen molar-refractivity contribution in [2.24, 2.45) is 0 Å². The van der Waals surface area contributed by atoms with Gasteiger partial charge < -0.3 is 14.5 Å². The zero-order chi connectivity index (χ0) is 22.7. The van der Waals surface area contributed by atoms with Crippen molar-refractivity contribution in [3.8, 4) is 5.75 Å². The number of ether oxygens (including phenoxy) is 1. The second-order valence-electron chi connectivity index (χ2n) is 7.84. The number of hydrogen-bond acceptors (Lipinski definition) is 5. The molecule has 32 heavy (non-hydrogen) atoms. The third kappa shape index (κ3) is 4.56. The van der Waals surface area contributed by atoms with Crippen LogP contribution in [0.1, 0.15) is 0 Å². The number of fused-ring (bicyclic) bond motifs is 1. The third-order valence-corrected chi connectivity index (χ3v) is 7.66. The first-order valence-electron chi connectivity index (χ1n) is 10.5. The molecule has 0 unspecified atom stereocenters. The predicted molar refractivity (Wildman–Crippen MR) is 126 cm³/mol. The maximum atomic E-state index is 13.0. The molecule has 0 aliphatic carbocycles. The van der Waals surface area contributed by atoms with Crippen LogP contribution in [-0.2, 0) is 14.8 Å². The molecule has 8 heteroatoms. The van der Waals surface area contributed by atoms with E-state index < -0.39 is 10.0 Å². The highest BCUT2D eigenvalue weighted by Crippen LogP contribution is 2.22. The van der Waals surface area contributed by atoms with Crippen molar-refractivity contribution >= 4 is 32.4 Å². The van der Waals surface area contributed by atoms with Gasteiger partial charge in [-0.1, -0.05) is 30.3 Å². The van der Waals surface area contributed by atoms with Crippen molar-refractivity contribution in [2.45, 2.75) is 4.90 Å². The van der Waals surface area contributed by atoms with Crippen molar-refractivity contribution in [1.29, 1.82) is 0 Å². The standard InChI is InChI=1S/C24H27N3O4S/c1-25(32(29,30)23-12-7-19-5-3-4-6-20(19)17-23)18-24(28)27-15-13-26(14-16-27)21-8-10-22(31-2)11-9-21/h3-12,17H,13-16,18H2,1-2H3. The summed E-state index contributed by atoms with van der Waals surface area (Å²) >= 11 is 0. The molecule has 4 rings (SSSR count). The molecule has 0 aromatic heterocycles. The predicted octanol–water partition coefficient (Wildman–Crippen LogP) is 2.82. The summed E-state index contributed by atoms with van der Waals surface area (Å²) in [6.07, 6.45) is 0. The fourth-order valence-corrected chi connectivity index (χ4v) is 5.05. The molecule has 0 radical (unpaired) electrons. The van der Waals surface area contributed by atoms with E-state index in [4.69, 9.17) is 4.74 Å². The van der Waals surface area contributed by atoms with Crippen molar-refractivity contribution in [1.82, 2.24) is 9.21 Å². The molecule has 1 aliphatic heterocycles. The molecule has 7 nitrogen and oxygen atoms in total. The van der Waals surface area contributed by atoms with E-state index in [1.807, 2.05) is 48.5 Å². The number of hydrogen-bond donors (Lipinski definition) is 0. The normalized spacial score (nSPS) is 14.7. The average Bonchev–Trinajstić information content (AvgIpc) is 2.83. The SMILES string of the molecule is COc1ccc(N2CCN(C(=O)CN(C)S(=O)(=O)c3ccc4ccccc4c3)CC2)cc1. The van der Waals surface area contributed by atoms with E-state index >= 15 is 0 Å². The van der Waals surface area contributed by atoms with Gasteiger partial charge in [0.05, 0.1) is 18.6 Å². The lowest BCUT2D eigenvalue weighted by Crippen LogP contribution is -2.51. The summed E-state index contributed by atoms with van der Waals surface area (Å²) in [4.78, 5) is 16.9. The second kappa shape index (κ2) is 9.18. The first-order chi connectivity index (χ1) is 15.4. The molecular weight excluding hydrogens is 426 g/mol. The Bertz CT molecular complexity index is 1200. The van der Waals surface area contributed by atoms with Gasteiger partial charge in [0.1, 0.15) is 5.75 Å². The van der Waals surface area contributed by atoms with Crippen molar-refractivity contribution in [3.05, 3.63) is 66.7 Å². The zero-order valence-corrected chi connectivity index (χ0v) is 19.1. The van der Waals surface area contributed by atoms with Crippen molar-refractivity contribution in [2.75, 3.05) is 51.8 Å². The van der Waals surface area contributed by atoms with E-state index in [1.54, 1.807) is 30.2 Å². The van der Waals surface area contributed by atoms with Crippen LogP contribution in [0.3, 0.4) is 0 Å². The minimum atomic E-state index is -3.76. The number of sulfonamides is 1. The molecule has 1 aliphatic rings. The van der Waals surface area contributed by atoms with Crippen molar-refractivity contribution < 1.29 is 17.9 Å². The molecular formula is C24H27N3O4S. The van der Waals surface area contributed by atoms with Gasteiger partial charge in [-0.25, -0.2) is 8.42 Å². The highest BCUT2D eigenvalue weighted by molar-refractivity contribution is 7.89. The smallest absolute Gasteiger partial charge is 0.243 e. The van der Waals surface area contributed by atoms with Crippen LogP contribution in [0.4, 0.5) is 5.69 Å². The summed E-state index contributed by atoms with van der Waals surface area (Å²) < 4.78 is 32.4. The zero-order valence-electron chi connectivity index (χ0n) is 18.3. The van der Waals surface area contributed by atoms with E-state index in [1.165, 1.54) is 7.05 Å². The maximum absolute atomic E-state index is 13.0. The Morgan fingerprint density at radius 1 is 0.938 bits per heavy atom. The molecule has 3 aromatic carbocycles. The van der Waals surface area contributed by atoms with Gasteiger partial charge in [0.2, 0.25) is 15.9 Å². The molecule has 0 N–H and O–H groups in total. The second-order valence-corrected chi connectivity index (χ2v) is 9.88. The number of methoxy groups -OCH3 is 1. The number of likely N-dealkylation sites (N-methyl/N-ethyl adjacent to an activating group) is 1. The van der Waals surface area contributed by atoms with Gasteiger partial charge in [-0.3, -0.25) is 4.79 Å². The Morgan fingerprint density at radius 2 is 1.59 bits per heavy atom. The Balaban J connectivity index is 1.37. The minimum absolute atomic E-state index is 0.183. The van der Waals surface area contributed by atoms with Crippen molar-refractivity contribution in [3.63, 3.8) is 0 Å². The third-order valence-electron chi connectivity index (χ3n) is 5.86. The molecule has 0 atom stereocenters. The Kier molecular flexibility index (Phi) is 6.34. The summed E-state index contributed by atoms with van der Waals surface area (Å²) in [7, 11) is -0.671. The number of amides is 1. The number of rotatable bonds is 6. The summed E-state index contributed by atoms with van der Waals surface area (Å²) in [5, 5.41) is 1.82. The van der Waals surface area contributed by atoms with Crippen LogP contribution in [-0.4, -0.2) is 70.4 Å². The van der Waals surface area contributed by atoms with Gasteiger partial charge in [0.25, 0.3) is 0 Å². The van der Waals surface area contributed by atoms with Crippen LogP contribution in [0, 0.1) is 0 Å². The number of carbonyl (C=O) groups is 1. The molecule has 0 saturated carbocycles. The van der Waals surface area contributed by atoms with Gasteiger partial charge in [-0.15, -0.1) is 0 Å². The van der Waals surface area contributed by atoms with E-state index in [2.05, 4.69) is 4.90 Å². The lowest BCUT2D eigenvalue weighted by Gasteiger charge is -2.36. The van der Waals surface area contributed by atoms with Crippen LogP contribution < -0.4 is 9.64 Å². The van der Waals surface area contributed by atoms with E-state index in [0.29, 0.717) is 26.2 Å². The molecule has 0 spiro atoms. The number of benzene rings is 3. The van der Waals surface area contributed by atoms with Crippen LogP contribution in [0.5, 0.6) is 5.75 Å². The minimum Gasteiger partial charge on any atom is -0.497 e. The molecule has 1 amide bonds. The topological polar surface area (TPSA) is 70.2 Å². The van der Waals surface area contributed by atoms with Gasteiger partial charge in [-0.05, 0) is 47.2 Å². The monoisotopic (exact) mass is 453 g/mol.